The Bertz CT molecular complexity index is 1310. The Labute approximate surface area is 168 Å². The lowest BCUT2D eigenvalue weighted by molar-refractivity contribution is 0.992. The van der Waals surface area contributed by atoms with Gasteiger partial charge in [-0.1, -0.05) is 17.7 Å². The Balaban J connectivity index is 1.30. The molecular formula is C23H22N6. The van der Waals surface area contributed by atoms with Crippen LogP contribution in [0.2, 0.25) is 0 Å². The molecule has 5 rings (SSSR count). The molecule has 0 bridgehead atoms. The van der Waals surface area contributed by atoms with E-state index in [4.69, 9.17) is 5.73 Å². The van der Waals surface area contributed by atoms with Crippen LogP contribution in [-0.4, -0.2) is 26.5 Å². The highest BCUT2D eigenvalue weighted by Crippen LogP contribution is 2.27. The van der Waals surface area contributed by atoms with Crippen LogP contribution in [0.5, 0.6) is 0 Å². The summed E-state index contributed by atoms with van der Waals surface area (Å²) >= 11 is 0. The minimum atomic E-state index is 0.472. The summed E-state index contributed by atoms with van der Waals surface area (Å²) in [5.74, 6) is 1.02. The molecule has 0 amide bonds. The van der Waals surface area contributed by atoms with Crippen LogP contribution in [0.3, 0.4) is 0 Å². The third-order valence-electron chi connectivity index (χ3n) is 5.28. The highest BCUT2D eigenvalue weighted by Gasteiger charge is 2.09. The summed E-state index contributed by atoms with van der Waals surface area (Å²) in [6, 6.07) is 14.7. The van der Waals surface area contributed by atoms with Crippen molar-refractivity contribution >= 4 is 33.6 Å². The molecule has 6 heteroatoms. The third kappa shape index (κ3) is 3.29. The molecule has 0 aliphatic heterocycles. The molecule has 0 radical (unpaired) electrons. The van der Waals surface area contributed by atoms with Gasteiger partial charge in [-0.3, -0.25) is 0 Å². The third-order valence-corrected chi connectivity index (χ3v) is 5.28. The van der Waals surface area contributed by atoms with Crippen LogP contribution >= 0.6 is 0 Å². The second kappa shape index (κ2) is 6.98. The van der Waals surface area contributed by atoms with Gasteiger partial charge in [0.15, 0.2) is 0 Å². The molecule has 0 fully saturated rings. The molecular weight excluding hydrogens is 360 g/mol. The Morgan fingerprint density at radius 3 is 2.83 bits per heavy atom. The summed E-state index contributed by atoms with van der Waals surface area (Å²) in [6.07, 6.45) is 6.66. The molecule has 0 aliphatic carbocycles. The van der Waals surface area contributed by atoms with Crippen LogP contribution in [-0.2, 0) is 6.42 Å². The molecule has 3 aromatic heterocycles. The first kappa shape index (κ1) is 17.3. The lowest BCUT2D eigenvalue weighted by Crippen LogP contribution is -2.09. The van der Waals surface area contributed by atoms with Gasteiger partial charge in [-0.05, 0) is 60.2 Å². The standard InChI is InChI=1S/C23H22N6/c1-14-2-4-21-18(10-14)17(12-27-21)7-9-26-23-28-13-19(22(24)29-23)15-3-5-20-16(11-15)6-8-25-20/h2-6,8,10-13,25,27H,7,9H2,1H3,(H3,24,26,28,29). The second-order valence-corrected chi connectivity index (χ2v) is 7.31. The highest BCUT2D eigenvalue weighted by molar-refractivity contribution is 5.87. The molecule has 0 aliphatic rings. The number of nitrogens with zero attached hydrogens (tertiary/aromatic N) is 2. The van der Waals surface area contributed by atoms with E-state index in [0.29, 0.717) is 11.8 Å². The van der Waals surface area contributed by atoms with Crippen molar-refractivity contribution in [3.63, 3.8) is 0 Å². The number of hydrogen-bond donors (Lipinski definition) is 4. The molecule has 0 atom stereocenters. The Morgan fingerprint density at radius 1 is 1.03 bits per heavy atom. The number of nitrogens with one attached hydrogen (secondary N) is 3. The van der Waals surface area contributed by atoms with E-state index in [2.05, 4.69) is 62.6 Å². The molecule has 0 spiro atoms. The summed E-state index contributed by atoms with van der Waals surface area (Å²) in [4.78, 5) is 15.4. The van der Waals surface area contributed by atoms with Crippen LogP contribution in [0.15, 0.2) is 61.1 Å². The van der Waals surface area contributed by atoms with Crippen LogP contribution in [0, 0.1) is 6.92 Å². The van der Waals surface area contributed by atoms with E-state index in [1.54, 1.807) is 6.20 Å². The first-order valence-corrected chi connectivity index (χ1v) is 9.68. The number of aromatic amines is 2. The molecule has 3 heterocycles. The van der Waals surface area contributed by atoms with Gasteiger partial charge >= 0.3 is 0 Å². The van der Waals surface area contributed by atoms with E-state index in [-0.39, 0.29) is 0 Å². The number of aryl methyl sites for hydroxylation is 1. The van der Waals surface area contributed by atoms with Crippen molar-refractivity contribution in [1.82, 2.24) is 19.9 Å². The molecule has 0 saturated carbocycles. The van der Waals surface area contributed by atoms with Crippen LogP contribution < -0.4 is 11.1 Å². The van der Waals surface area contributed by atoms with E-state index >= 15 is 0 Å². The number of hydrogen-bond acceptors (Lipinski definition) is 4. The molecule has 0 saturated heterocycles. The monoisotopic (exact) mass is 382 g/mol. The van der Waals surface area contributed by atoms with Crippen molar-refractivity contribution in [3.8, 4) is 11.1 Å². The van der Waals surface area contributed by atoms with Crippen LogP contribution in [0.4, 0.5) is 11.8 Å². The van der Waals surface area contributed by atoms with Gasteiger partial charge in [0, 0.05) is 47.1 Å². The molecule has 2 aromatic carbocycles. The number of anilines is 2. The van der Waals surface area contributed by atoms with E-state index in [1.807, 2.05) is 24.4 Å². The maximum atomic E-state index is 6.23. The number of rotatable bonds is 5. The van der Waals surface area contributed by atoms with E-state index in [0.717, 1.165) is 40.5 Å². The predicted molar refractivity (Wildman–Crippen MR) is 119 cm³/mol. The Kier molecular flexibility index (Phi) is 4.17. The van der Waals surface area contributed by atoms with Gasteiger partial charge in [0.05, 0.1) is 0 Å². The maximum Gasteiger partial charge on any atom is 0.224 e. The van der Waals surface area contributed by atoms with E-state index in [1.165, 1.54) is 16.5 Å². The number of nitrogens with two attached hydrogens (primary N) is 1. The maximum absolute atomic E-state index is 6.23. The topological polar surface area (TPSA) is 95.4 Å². The average molecular weight is 382 g/mol. The normalized spacial score (nSPS) is 11.3. The molecule has 29 heavy (non-hydrogen) atoms. The van der Waals surface area contributed by atoms with Crippen LogP contribution in [0.25, 0.3) is 32.9 Å². The predicted octanol–water partition coefficient (Wildman–Crippen LogP) is 4.65. The highest BCUT2D eigenvalue weighted by atomic mass is 15.1. The van der Waals surface area contributed by atoms with E-state index in [9.17, 15) is 0 Å². The average Bonchev–Trinajstić information content (AvgIpc) is 3.34. The Morgan fingerprint density at radius 2 is 1.93 bits per heavy atom. The smallest absolute Gasteiger partial charge is 0.224 e. The van der Waals surface area contributed by atoms with Crippen molar-refractivity contribution in [2.75, 3.05) is 17.6 Å². The van der Waals surface area contributed by atoms with Crippen molar-refractivity contribution in [1.29, 1.82) is 0 Å². The fraction of sp³-hybridized carbons (Fsp3) is 0.130. The lowest BCUT2D eigenvalue weighted by Gasteiger charge is -2.09. The number of H-pyrrole nitrogens is 2. The SMILES string of the molecule is Cc1ccc2[nH]cc(CCNc3ncc(-c4ccc5[nH]ccc5c4)c(N)n3)c2c1. The number of fused-ring (bicyclic) bond motifs is 2. The second-order valence-electron chi connectivity index (χ2n) is 7.31. The fourth-order valence-electron chi connectivity index (χ4n) is 3.73. The number of aromatic nitrogens is 4. The summed E-state index contributed by atoms with van der Waals surface area (Å²) < 4.78 is 0. The zero-order valence-electron chi connectivity index (χ0n) is 16.2. The lowest BCUT2D eigenvalue weighted by atomic mass is 10.1. The first-order chi connectivity index (χ1) is 14.2. The van der Waals surface area contributed by atoms with Crippen LogP contribution in [0.1, 0.15) is 11.1 Å². The molecule has 144 valence electrons. The molecule has 5 N–H and O–H groups in total. The van der Waals surface area contributed by atoms with Gasteiger partial charge in [0.25, 0.3) is 0 Å². The van der Waals surface area contributed by atoms with Gasteiger partial charge in [-0.25, -0.2) is 4.98 Å². The van der Waals surface area contributed by atoms with Gasteiger partial charge < -0.3 is 21.0 Å². The number of benzene rings is 2. The zero-order chi connectivity index (χ0) is 19.8. The van der Waals surface area contributed by atoms with Crippen molar-refractivity contribution < 1.29 is 0 Å². The van der Waals surface area contributed by atoms with Crippen molar-refractivity contribution in [2.24, 2.45) is 0 Å². The fourth-order valence-corrected chi connectivity index (χ4v) is 3.73. The minimum Gasteiger partial charge on any atom is -0.383 e. The first-order valence-electron chi connectivity index (χ1n) is 9.68. The van der Waals surface area contributed by atoms with Gasteiger partial charge in [-0.15, -0.1) is 0 Å². The van der Waals surface area contributed by atoms with Gasteiger partial charge in [0.2, 0.25) is 5.95 Å². The summed E-state index contributed by atoms with van der Waals surface area (Å²) in [5, 5.41) is 5.69. The van der Waals surface area contributed by atoms with Crippen molar-refractivity contribution in [3.05, 3.63) is 72.2 Å². The minimum absolute atomic E-state index is 0.472. The molecule has 6 nitrogen and oxygen atoms in total. The van der Waals surface area contributed by atoms with Gasteiger partial charge in [-0.2, -0.15) is 4.98 Å². The van der Waals surface area contributed by atoms with Crippen molar-refractivity contribution in [2.45, 2.75) is 13.3 Å². The summed E-state index contributed by atoms with van der Waals surface area (Å²) in [6.45, 7) is 2.84. The molecule has 5 aromatic rings. The molecule has 0 unspecified atom stereocenters. The summed E-state index contributed by atoms with van der Waals surface area (Å²) in [7, 11) is 0. The zero-order valence-corrected chi connectivity index (χ0v) is 16.2. The quantitative estimate of drug-likeness (QED) is 0.356. The van der Waals surface area contributed by atoms with E-state index < -0.39 is 0 Å². The Hall–Kier alpha value is -3.80. The number of nitrogen functional groups attached to an aromatic ring is 1. The summed E-state index contributed by atoms with van der Waals surface area (Å²) in [5.41, 5.74) is 12.9. The largest absolute Gasteiger partial charge is 0.383 e. The van der Waals surface area contributed by atoms with Gasteiger partial charge in [0.1, 0.15) is 5.82 Å².